The van der Waals surface area contributed by atoms with E-state index in [1.54, 1.807) is 0 Å². The number of carbonyl (C=O) groups is 2. The summed E-state index contributed by atoms with van der Waals surface area (Å²) in [4.78, 5) is 34.9. The third kappa shape index (κ3) is 40.9. The summed E-state index contributed by atoms with van der Waals surface area (Å²) < 4.78 is 32.7. The second-order valence-electron chi connectivity index (χ2n) is 13.8. The van der Waals surface area contributed by atoms with Crippen molar-refractivity contribution in [2.24, 2.45) is 5.73 Å². The van der Waals surface area contributed by atoms with E-state index in [4.69, 9.17) is 24.3 Å². The number of carbonyl (C=O) groups excluding carboxylic acids is 2. The molecule has 0 aliphatic heterocycles. The molecule has 3 N–H and O–H groups in total. The van der Waals surface area contributed by atoms with Crippen LogP contribution in [0, 0.1) is 0 Å². The van der Waals surface area contributed by atoms with E-state index in [1.165, 1.54) is 51.4 Å². The normalized spacial score (nSPS) is 14.0. The maximum absolute atomic E-state index is 12.6. The van der Waals surface area contributed by atoms with Gasteiger partial charge in [-0.1, -0.05) is 145 Å². The second kappa shape index (κ2) is 41.1. The summed E-state index contributed by atoms with van der Waals surface area (Å²) >= 11 is 0. The lowest BCUT2D eigenvalue weighted by Gasteiger charge is -2.19. The van der Waals surface area contributed by atoms with Gasteiger partial charge in [-0.05, 0) is 83.5 Å². The van der Waals surface area contributed by atoms with E-state index in [0.29, 0.717) is 12.8 Å². The van der Waals surface area contributed by atoms with Crippen molar-refractivity contribution in [1.82, 2.24) is 0 Å². The van der Waals surface area contributed by atoms with Gasteiger partial charge < -0.3 is 20.1 Å². The summed E-state index contributed by atoms with van der Waals surface area (Å²) in [7, 11) is -4.39. The van der Waals surface area contributed by atoms with Crippen LogP contribution in [0.4, 0.5) is 0 Å². The van der Waals surface area contributed by atoms with Crippen LogP contribution in [0.5, 0.6) is 0 Å². The molecule has 0 spiro atoms. The predicted molar refractivity (Wildman–Crippen MR) is 229 cm³/mol. The molecular formula is C45H78NO8P. The molecule has 0 radical (unpaired) electrons. The molecule has 55 heavy (non-hydrogen) atoms. The average molecular weight is 792 g/mol. The van der Waals surface area contributed by atoms with E-state index >= 15 is 0 Å². The molecule has 0 saturated carbocycles. The maximum atomic E-state index is 12.6. The Balaban J connectivity index is 4.25. The van der Waals surface area contributed by atoms with Crippen LogP contribution in [0.3, 0.4) is 0 Å². The standard InChI is InChI=1S/C45H78NO8P/c1-3-5-7-9-11-13-15-17-19-21-23-25-27-29-31-33-35-37-44(47)51-41-43(42-53-55(49,50)52-40-39-46)54-45(48)38-36-34-32-30-28-26-24-22-20-18-16-14-12-10-8-6-4-2/h8,10-11,13-14,16-17,19-20,22,26,28,43H,3-7,9,12,15,18,21,23-25,27,29-42,46H2,1-2H3,(H,49,50)/b10-8+,13-11+,16-14+,19-17+,22-20+,28-26+/t43-/m1/s1. The second-order valence-corrected chi connectivity index (χ2v) is 15.3. The Hall–Kier alpha value is -2.55. The highest BCUT2D eigenvalue weighted by atomic mass is 31.2. The summed E-state index contributed by atoms with van der Waals surface area (Å²) in [5.74, 6) is -0.880. The molecule has 316 valence electrons. The molecule has 0 rings (SSSR count). The van der Waals surface area contributed by atoms with Crippen molar-refractivity contribution in [3.63, 3.8) is 0 Å². The van der Waals surface area contributed by atoms with Crippen molar-refractivity contribution in [1.29, 1.82) is 0 Å². The molecule has 0 amide bonds. The quantitative estimate of drug-likeness (QED) is 0.0270. The molecule has 0 heterocycles. The molecule has 9 nitrogen and oxygen atoms in total. The van der Waals surface area contributed by atoms with E-state index in [2.05, 4.69) is 86.8 Å². The zero-order valence-corrected chi connectivity index (χ0v) is 35.5. The SMILES string of the molecule is CCC/C=C/C/C=C/C/C=C/C/C=C/CCCCCC(=O)O[C@H](COC(=O)CCCCCCCCC/C=C/C/C=C/CCCCC)COP(=O)(O)OCCN. The highest BCUT2D eigenvalue weighted by Gasteiger charge is 2.25. The molecule has 1 unspecified atom stereocenters. The fourth-order valence-corrected chi connectivity index (χ4v) is 6.13. The van der Waals surface area contributed by atoms with E-state index < -0.39 is 32.5 Å². The molecule has 0 bridgehead atoms. The van der Waals surface area contributed by atoms with Gasteiger partial charge in [-0.15, -0.1) is 0 Å². The van der Waals surface area contributed by atoms with Crippen molar-refractivity contribution in [3.05, 3.63) is 72.9 Å². The lowest BCUT2D eigenvalue weighted by atomic mass is 10.1. The highest BCUT2D eigenvalue weighted by Crippen LogP contribution is 2.43. The van der Waals surface area contributed by atoms with Gasteiger partial charge in [0.15, 0.2) is 6.10 Å². The van der Waals surface area contributed by atoms with E-state index in [9.17, 15) is 19.0 Å². The van der Waals surface area contributed by atoms with Crippen LogP contribution >= 0.6 is 7.82 Å². The maximum Gasteiger partial charge on any atom is 0.472 e. The molecule has 0 saturated heterocycles. The molecule has 10 heteroatoms. The van der Waals surface area contributed by atoms with E-state index in [-0.39, 0.29) is 32.6 Å². The minimum Gasteiger partial charge on any atom is -0.462 e. The number of allylic oxidation sites excluding steroid dienone is 12. The van der Waals surface area contributed by atoms with Crippen LogP contribution in [-0.2, 0) is 32.7 Å². The largest absolute Gasteiger partial charge is 0.472 e. The average Bonchev–Trinajstić information content (AvgIpc) is 3.17. The van der Waals surface area contributed by atoms with Crippen LogP contribution in [0.2, 0.25) is 0 Å². The smallest absolute Gasteiger partial charge is 0.462 e. The van der Waals surface area contributed by atoms with Crippen molar-refractivity contribution < 1.29 is 37.6 Å². The fraction of sp³-hybridized carbons (Fsp3) is 0.689. The third-order valence-corrected chi connectivity index (χ3v) is 9.53. The predicted octanol–water partition coefficient (Wildman–Crippen LogP) is 12.3. The number of rotatable bonds is 39. The van der Waals surface area contributed by atoms with Crippen molar-refractivity contribution >= 4 is 19.8 Å². The van der Waals surface area contributed by atoms with Gasteiger partial charge >= 0.3 is 19.8 Å². The molecule has 0 aromatic heterocycles. The summed E-state index contributed by atoms with van der Waals surface area (Å²) in [6.45, 7) is 3.58. The number of hydrogen-bond acceptors (Lipinski definition) is 8. The summed E-state index contributed by atoms with van der Waals surface area (Å²) in [5.41, 5.74) is 5.34. The van der Waals surface area contributed by atoms with Crippen LogP contribution < -0.4 is 5.73 Å². The molecule has 0 aliphatic rings. The van der Waals surface area contributed by atoms with E-state index in [1.807, 2.05) is 0 Å². The first-order valence-electron chi connectivity index (χ1n) is 21.4. The third-order valence-electron chi connectivity index (χ3n) is 8.55. The minimum absolute atomic E-state index is 0.0431. The number of unbranched alkanes of at least 4 members (excludes halogenated alkanes) is 14. The van der Waals surface area contributed by atoms with Crippen molar-refractivity contribution in [3.8, 4) is 0 Å². The van der Waals surface area contributed by atoms with Gasteiger partial charge in [-0.2, -0.15) is 0 Å². The van der Waals surface area contributed by atoms with Gasteiger partial charge in [0.05, 0.1) is 13.2 Å². The summed E-state index contributed by atoms with van der Waals surface area (Å²) in [6, 6.07) is 0. The number of phosphoric acid groups is 1. The Bertz CT molecular complexity index is 1130. The fourth-order valence-electron chi connectivity index (χ4n) is 5.36. The number of hydrogen-bond donors (Lipinski definition) is 2. The lowest BCUT2D eigenvalue weighted by molar-refractivity contribution is -0.161. The Morgan fingerprint density at radius 2 is 0.982 bits per heavy atom. The number of ether oxygens (including phenoxy) is 2. The van der Waals surface area contributed by atoms with Crippen LogP contribution in [0.15, 0.2) is 72.9 Å². The first kappa shape index (κ1) is 52.5. The molecule has 0 fully saturated rings. The van der Waals surface area contributed by atoms with Crippen LogP contribution in [0.25, 0.3) is 0 Å². The Kier molecular flexibility index (Phi) is 39.2. The van der Waals surface area contributed by atoms with Crippen LogP contribution in [-0.4, -0.2) is 49.3 Å². The summed E-state index contributed by atoms with van der Waals surface area (Å²) in [6.07, 6.45) is 49.2. The van der Waals surface area contributed by atoms with Gasteiger partial charge in [0.2, 0.25) is 0 Å². The van der Waals surface area contributed by atoms with E-state index in [0.717, 1.165) is 77.0 Å². The molecule has 0 aliphatic carbocycles. The minimum atomic E-state index is -4.39. The lowest BCUT2D eigenvalue weighted by Crippen LogP contribution is -2.29. The van der Waals surface area contributed by atoms with Gasteiger partial charge in [0.25, 0.3) is 0 Å². The summed E-state index contributed by atoms with van der Waals surface area (Å²) in [5, 5.41) is 0. The topological polar surface area (TPSA) is 134 Å². The Morgan fingerprint density at radius 3 is 1.49 bits per heavy atom. The Morgan fingerprint density at radius 1 is 0.545 bits per heavy atom. The van der Waals surface area contributed by atoms with Gasteiger partial charge in [0, 0.05) is 19.4 Å². The first-order valence-corrected chi connectivity index (χ1v) is 22.9. The number of nitrogens with two attached hydrogens (primary N) is 1. The zero-order valence-electron chi connectivity index (χ0n) is 34.6. The van der Waals surface area contributed by atoms with Crippen LogP contribution in [0.1, 0.15) is 168 Å². The molecule has 0 aromatic rings. The number of esters is 2. The van der Waals surface area contributed by atoms with Crippen molar-refractivity contribution in [2.75, 3.05) is 26.4 Å². The zero-order chi connectivity index (χ0) is 40.3. The number of phosphoric ester groups is 1. The van der Waals surface area contributed by atoms with Gasteiger partial charge in [-0.25, -0.2) is 4.57 Å². The van der Waals surface area contributed by atoms with Crippen molar-refractivity contribution in [2.45, 2.75) is 174 Å². The first-order chi connectivity index (χ1) is 26.8. The highest BCUT2D eigenvalue weighted by molar-refractivity contribution is 7.47. The monoisotopic (exact) mass is 792 g/mol. The van der Waals surface area contributed by atoms with Gasteiger partial charge in [-0.3, -0.25) is 18.6 Å². The van der Waals surface area contributed by atoms with Gasteiger partial charge in [0.1, 0.15) is 6.61 Å². The Labute approximate surface area is 335 Å². The molecular weight excluding hydrogens is 713 g/mol. The molecule has 2 atom stereocenters. The molecule has 0 aromatic carbocycles.